The fraction of sp³-hybridized carbons (Fsp3) is 0.400. The van der Waals surface area contributed by atoms with Crippen LogP contribution in [0.1, 0.15) is 11.1 Å². The van der Waals surface area contributed by atoms with Gasteiger partial charge < -0.3 is 4.90 Å². The lowest BCUT2D eigenvalue weighted by atomic mass is 10.1. The van der Waals surface area contributed by atoms with Crippen LogP contribution in [0.4, 0.5) is 17.6 Å². The summed E-state index contributed by atoms with van der Waals surface area (Å²) in [4.78, 5) is 1.72. The molecule has 0 aliphatic carbocycles. The summed E-state index contributed by atoms with van der Waals surface area (Å²) in [5, 5.41) is 0. The molecule has 5 heteroatoms. The molecule has 0 aliphatic rings. The highest BCUT2D eigenvalue weighted by molar-refractivity contribution is 5.27. The smallest absolute Gasteiger partial charge is 0.305 e. The van der Waals surface area contributed by atoms with E-state index in [9.17, 15) is 17.6 Å². The van der Waals surface area contributed by atoms with Gasteiger partial charge in [0.1, 0.15) is 5.82 Å². The number of hydrogen-bond donors (Lipinski definition) is 0. The third-order valence-corrected chi connectivity index (χ3v) is 1.83. The lowest BCUT2D eigenvalue weighted by Crippen LogP contribution is -2.13. The van der Waals surface area contributed by atoms with Crippen molar-refractivity contribution in [2.45, 2.75) is 12.7 Å². The Morgan fingerprint density at radius 1 is 1.20 bits per heavy atom. The van der Waals surface area contributed by atoms with E-state index in [-0.39, 0.29) is 0 Å². The molecule has 1 nitrogen and oxygen atoms in total. The number of nitrogens with zero attached hydrogens (tertiary/aromatic N) is 1. The minimum atomic E-state index is -4.63. The SMILES string of the molecule is CN(C)Cc1ccc(F)c(C(F)(F)F)c1. The Kier molecular flexibility index (Phi) is 3.34. The van der Waals surface area contributed by atoms with E-state index in [1.807, 2.05) is 0 Å². The van der Waals surface area contributed by atoms with Gasteiger partial charge >= 0.3 is 6.18 Å². The second-order valence-electron chi connectivity index (χ2n) is 3.55. The molecule has 0 saturated heterocycles. The molecule has 1 rings (SSSR count). The van der Waals surface area contributed by atoms with Gasteiger partial charge in [-0.05, 0) is 31.8 Å². The Morgan fingerprint density at radius 2 is 1.80 bits per heavy atom. The van der Waals surface area contributed by atoms with E-state index in [4.69, 9.17) is 0 Å². The summed E-state index contributed by atoms with van der Waals surface area (Å²) < 4.78 is 49.8. The third kappa shape index (κ3) is 3.20. The maximum atomic E-state index is 12.9. The molecular formula is C10H11F4N. The zero-order valence-electron chi connectivity index (χ0n) is 8.40. The molecule has 1 aromatic carbocycles. The predicted octanol–water partition coefficient (Wildman–Crippen LogP) is 2.91. The number of alkyl halides is 3. The van der Waals surface area contributed by atoms with E-state index in [0.29, 0.717) is 12.1 Å². The molecule has 0 bridgehead atoms. The molecule has 1 aromatic rings. The molecule has 0 aliphatic heterocycles. The van der Waals surface area contributed by atoms with Crippen LogP contribution in [0.15, 0.2) is 18.2 Å². The number of benzene rings is 1. The summed E-state index contributed by atoms with van der Waals surface area (Å²) in [5.74, 6) is -1.23. The molecule has 0 N–H and O–H groups in total. The largest absolute Gasteiger partial charge is 0.419 e. The average Bonchev–Trinajstić information content (AvgIpc) is 2.05. The number of hydrogen-bond acceptors (Lipinski definition) is 1. The van der Waals surface area contributed by atoms with Crippen molar-refractivity contribution in [3.8, 4) is 0 Å². The van der Waals surface area contributed by atoms with E-state index in [2.05, 4.69) is 0 Å². The van der Waals surface area contributed by atoms with Crippen molar-refractivity contribution in [1.29, 1.82) is 0 Å². The molecular weight excluding hydrogens is 210 g/mol. The van der Waals surface area contributed by atoms with Crippen molar-refractivity contribution in [3.63, 3.8) is 0 Å². The molecule has 84 valence electrons. The summed E-state index contributed by atoms with van der Waals surface area (Å²) in [6, 6.07) is 3.04. The van der Waals surface area contributed by atoms with Gasteiger partial charge in [0.05, 0.1) is 5.56 Å². The summed E-state index contributed by atoms with van der Waals surface area (Å²) >= 11 is 0. The number of halogens is 4. The maximum absolute atomic E-state index is 12.9. The quantitative estimate of drug-likeness (QED) is 0.694. The minimum Gasteiger partial charge on any atom is -0.305 e. The summed E-state index contributed by atoms with van der Waals surface area (Å²) in [5.41, 5.74) is -0.768. The van der Waals surface area contributed by atoms with Gasteiger partial charge in [-0.25, -0.2) is 4.39 Å². The predicted molar refractivity (Wildman–Crippen MR) is 48.8 cm³/mol. The summed E-state index contributed by atoms with van der Waals surface area (Å²) in [7, 11) is 3.47. The van der Waals surface area contributed by atoms with Crippen LogP contribution in [0.5, 0.6) is 0 Å². The first kappa shape index (κ1) is 12.0. The topological polar surface area (TPSA) is 3.24 Å². The van der Waals surface area contributed by atoms with Crippen LogP contribution in [0.3, 0.4) is 0 Å². The average molecular weight is 221 g/mol. The van der Waals surface area contributed by atoms with Gasteiger partial charge in [0, 0.05) is 6.54 Å². The molecule has 0 radical (unpaired) electrons. The zero-order chi connectivity index (χ0) is 11.6. The zero-order valence-corrected chi connectivity index (χ0v) is 8.40. The highest BCUT2D eigenvalue weighted by Gasteiger charge is 2.34. The molecule has 0 fully saturated rings. The second-order valence-corrected chi connectivity index (χ2v) is 3.55. The van der Waals surface area contributed by atoms with Crippen LogP contribution in [-0.2, 0) is 12.7 Å². The Hall–Kier alpha value is -1.10. The molecule has 0 saturated carbocycles. The van der Waals surface area contributed by atoms with Crippen molar-refractivity contribution < 1.29 is 17.6 Å². The first-order chi connectivity index (χ1) is 6.80. The molecule has 0 amide bonds. The lowest BCUT2D eigenvalue weighted by Gasteiger charge is -2.13. The number of rotatable bonds is 2. The molecule has 0 unspecified atom stereocenters. The summed E-state index contributed by atoms with van der Waals surface area (Å²) in [6.07, 6.45) is -4.63. The van der Waals surface area contributed by atoms with Gasteiger partial charge in [-0.15, -0.1) is 0 Å². The van der Waals surface area contributed by atoms with E-state index in [1.165, 1.54) is 6.07 Å². The van der Waals surface area contributed by atoms with Crippen LogP contribution in [0, 0.1) is 5.82 Å². The van der Waals surface area contributed by atoms with Gasteiger partial charge in [0.25, 0.3) is 0 Å². The Labute approximate surface area is 85.3 Å². The summed E-state index contributed by atoms with van der Waals surface area (Å²) in [6.45, 7) is 0.351. The normalized spacial score (nSPS) is 12.2. The van der Waals surface area contributed by atoms with Gasteiger partial charge in [-0.1, -0.05) is 6.07 Å². The highest BCUT2D eigenvalue weighted by Crippen LogP contribution is 2.31. The Bertz CT molecular complexity index is 344. The standard InChI is InChI=1S/C10H11F4N/c1-15(2)6-7-3-4-9(11)8(5-7)10(12,13)14/h3-5H,6H2,1-2H3. The first-order valence-corrected chi connectivity index (χ1v) is 4.31. The molecule has 0 spiro atoms. The molecule has 0 atom stereocenters. The van der Waals surface area contributed by atoms with Crippen molar-refractivity contribution >= 4 is 0 Å². The van der Waals surface area contributed by atoms with Crippen molar-refractivity contribution in [1.82, 2.24) is 4.90 Å². The first-order valence-electron chi connectivity index (χ1n) is 4.31. The van der Waals surface area contributed by atoms with E-state index >= 15 is 0 Å². The monoisotopic (exact) mass is 221 g/mol. The van der Waals surface area contributed by atoms with Crippen LogP contribution in [0.25, 0.3) is 0 Å². The molecule has 0 aromatic heterocycles. The van der Waals surface area contributed by atoms with Gasteiger partial charge in [0.15, 0.2) is 0 Å². The fourth-order valence-electron chi connectivity index (χ4n) is 1.25. The van der Waals surface area contributed by atoms with Crippen LogP contribution in [0.2, 0.25) is 0 Å². The maximum Gasteiger partial charge on any atom is 0.419 e. The van der Waals surface area contributed by atoms with Crippen LogP contribution < -0.4 is 0 Å². The molecule has 0 heterocycles. The van der Waals surface area contributed by atoms with Gasteiger partial charge in [0.2, 0.25) is 0 Å². The van der Waals surface area contributed by atoms with E-state index in [1.54, 1.807) is 19.0 Å². The minimum absolute atomic E-state index is 0.351. The van der Waals surface area contributed by atoms with Crippen LogP contribution >= 0.6 is 0 Å². The lowest BCUT2D eigenvalue weighted by molar-refractivity contribution is -0.140. The van der Waals surface area contributed by atoms with Crippen LogP contribution in [-0.4, -0.2) is 19.0 Å². The second kappa shape index (κ2) is 4.18. The van der Waals surface area contributed by atoms with Crippen molar-refractivity contribution in [2.24, 2.45) is 0 Å². The van der Waals surface area contributed by atoms with E-state index < -0.39 is 17.6 Å². The highest BCUT2D eigenvalue weighted by atomic mass is 19.4. The Balaban J connectivity index is 3.06. The van der Waals surface area contributed by atoms with Crippen molar-refractivity contribution in [3.05, 3.63) is 35.1 Å². The molecule has 15 heavy (non-hydrogen) atoms. The van der Waals surface area contributed by atoms with Gasteiger partial charge in [-0.2, -0.15) is 13.2 Å². The van der Waals surface area contributed by atoms with E-state index in [0.717, 1.165) is 12.1 Å². The third-order valence-electron chi connectivity index (χ3n) is 1.83. The Morgan fingerprint density at radius 3 is 2.27 bits per heavy atom. The van der Waals surface area contributed by atoms with Crippen molar-refractivity contribution in [2.75, 3.05) is 14.1 Å². The van der Waals surface area contributed by atoms with Gasteiger partial charge in [-0.3, -0.25) is 0 Å². The fourth-order valence-corrected chi connectivity index (χ4v) is 1.25.